The van der Waals surface area contributed by atoms with Crippen molar-refractivity contribution in [2.45, 2.75) is 6.42 Å². The molecule has 1 fully saturated rings. The van der Waals surface area contributed by atoms with Crippen LogP contribution in [0.1, 0.15) is 6.42 Å². The molecule has 8 heteroatoms. The van der Waals surface area contributed by atoms with E-state index in [2.05, 4.69) is 20.4 Å². The first-order valence-electron chi connectivity index (χ1n) is 9.33. The van der Waals surface area contributed by atoms with Gasteiger partial charge in [-0.2, -0.15) is 5.10 Å². The number of nitrogens with zero attached hydrogens (tertiary/aromatic N) is 4. The Morgan fingerprint density at radius 1 is 1.19 bits per heavy atom. The molecule has 1 saturated heterocycles. The zero-order chi connectivity index (χ0) is 18.5. The van der Waals surface area contributed by atoms with Gasteiger partial charge in [-0.15, -0.1) is 0 Å². The number of methoxy groups -OCH3 is 1. The van der Waals surface area contributed by atoms with Crippen LogP contribution in [0.2, 0.25) is 0 Å². The predicted molar refractivity (Wildman–Crippen MR) is 103 cm³/mol. The molecule has 0 amide bonds. The molecule has 142 valence electrons. The summed E-state index contributed by atoms with van der Waals surface area (Å²) in [5.41, 5.74) is 1.72. The Balaban J connectivity index is 1.43. The van der Waals surface area contributed by atoms with Crippen molar-refractivity contribution in [3.05, 3.63) is 36.8 Å². The van der Waals surface area contributed by atoms with Crippen LogP contribution in [0, 0.1) is 0 Å². The molecule has 4 rings (SSSR count). The smallest absolute Gasteiger partial charge is 0.168 e. The third-order valence-electron chi connectivity index (χ3n) is 4.88. The van der Waals surface area contributed by atoms with E-state index in [0.29, 0.717) is 0 Å². The molecule has 0 radical (unpaired) electrons. The lowest BCUT2D eigenvalue weighted by molar-refractivity contribution is -0.908. The Morgan fingerprint density at radius 3 is 2.78 bits per heavy atom. The Bertz CT molecular complexity index is 874. The van der Waals surface area contributed by atoms with E-state index in [9.17, 15) is 0 Å². The normalized spacial score (nSPS) is 15.1. The average molecular weight is 369 g/mol. The molecule has 0 bridgehead atoms. The van der Waals surface area contributed by atoms with Gasteiger partial charge in [0.1, 0.15) is 31.0 Å². The van der Waals surface area contributed by atoms with Crippen molar-refractivity contribution in [1.29, 1.82) is 0 Å². The molecule has 0 atom stereocenters. The van der Waals surface area contributed by atoms with Crippen molar-refractivity contribution in [2.24, 2.45) is 0 Å². The molecule has 0 spiro atoms. The van der Waals surface area contributed by atoms with Crippen LogP contribution in [0.25, 0.3) is 16.7 Å². The number of quaternary nitrogens is 1. The van der Waals surface area contributed by atoms with Gasteiger partial charge in [0.25, 0.3) is 0 Å². The van der Waals surface area contributed by atoms with Crippen LogP contribution in [0.5, 0.6) is 5.75 Å². The molecule has 1 aromatic carbocycles. The maximum absolute atomic E-state index is 5.41. The van der Waals surface area contributed by atoms with Gasteiger partial charge in [-0.1, -0.05) is 0 Å². The minimum Gasteiger partial charge on any atom is -0.497 e. The summed E-state index contributed by atoms with van der Waals surface area (Å²) in [7, 11) is 1.66. The van der Waals surface area contributed by atoms with Crippen LogP contribution in [-0.4, -0.2) is 66.3 Å². The van der Waals surface area contributed by atoms with Crippen LogP contribution < -0.4 is 15.0 Å². The number of morpholine rings is 1. The minimum atomic E-state index is 0.788. The molecule has 0 aliphatic carbocycles. The van der Waals surface area contributed by atoms with Gasteiger partial charge in [0.2, 0.25) is 0 Å². The number of rotatable bonds is 7. The van der Waals surface area contributed by atoms with Crippen molar-refractivity contribution in [1.82, 2.24) is 19.7 Å². The fourth-order valence-corrected chi connectivity index (χ4v) is 3.35. The van der Waals surface area contributed by atoms with Gasteiger partial charge < -0.3 is 19.7 Å². The van der Waals surface area contributed by atoms with Crippen LogP contribution in [-0.2, 0) is 4.74 Å². The van der Waals surface area contributed by atoms with E-state index in [1.165, 1.54) is 0 Å². The lowest BCUT2D eigenvalue weighted by atomic mass is 10.3. The van der Waals surface area contributed by atoms with Crippen LogP contribution in [0.4, 0.5) is 5.82 Å². The second-order valence-corrected chi connectivity index (χ2v) is 6.61. The maximum atomic E-state index is 5.41. The minimum absolute atomic E-state index is 0.788. The van der Waals surface area contributed by atoms with Crippen molar-refractivity contribution in [3.63, 3.8) is 0 Å². The summed E-state index contributed by atoms with van der Waals surface area (Å²) in [6.07, 6.45) is 4.49. The Labute approximate surface area is 158 Å². The number of hydrogen-bond donors (Lipinski definition) is 2. The van der Waals surface area contributed by atoms with Crippen LogP contribution in [0.3, 0.4) is 0 Å². The molecule has 2 aromatic heterocycles. The molecule has 0 saturated carbocycles. The number of ether oxygens (including phenoxy) is 2. The summed E-state index contributed by atoms with van der Waals surface area (Å²) >= 11 is 0. The van der Waals surface area contributed by atoms with E-state index in [0.717, 1.165) is 74.1 Å². The highest BCUT2D eigenvalue weighted by atomic mass is 16.5. The molecule has 3 heterocycles. The predicted octanol–water partition coefficient (Wildman–Crippen LogP) is 0.541. The van der Waals surface area contributed by atoms with Crippen LogP contribution >= 0.6 is 0 Å². The fraction of sp³-hybridized carbons (Fsp3) is 0.421. The Kier molecular flexibility index (Phi) is 5.45. The molecule has 0 unspecified atom stereocenters. The summed E-state index contributed by atoms with van der Waals surface area (Å²) in [5.74, 6) is 1.64. The zero-order valence-electron chi connectivity index (χ0n) is 15.5. The first-order valence-corrected chi connectivity index (χ1v) is 9.33. The van der Waals surface area contributed by atoms with Crippen molar-refractivity contribution in [2.75, 3.05) is 51.8 Å². The van der Waals surface area contributed by atoms with Crippen LogP contribution in [0.15, 0.2) is 36.8 Å². The topological polar surface area (TPSA) is 78.5 Å². The Morgan fingerprint density at radius 2 is 2.00 bits per heavy atom. The highest BCUT2D eigenvalue weighted by Crippen LogP contribution is 2.22. The van der Waals surface area contributed by atoms with E-state index >= 15 is 0 Å². The van der Waals surface area contributed by atoms with Crippen molar-refractivity contribution >= 4 is 16.9 Å². The molecule has 27 heavy (non-hydrogen) atoms. The number of anilines is 1. The SMILES string of the molecule is COc1ccc(-n2ncc3c(NCCC[NH+]4CCOCC4)ncnc32)cc1. The first-order chi connectivity index (χ1) is 13.3. The quantitative estimate of drug-likeness (QED) is 0.592. The summed E-state index contributed by atoms with van der Waals surface area (Å²) in [6.45, 7) is 5.98. The number of hydrogen-bond acceptors (Lipinski definition) is 6. The van der Waals surface area contributed by atoms with Gasteiger partial charge in [0, 0.05) is 13.0 Å². The lowest BCUT2D eigenvalue weighted by Crippen LogP contribution is -3.14. The van der Waals surface area contributed by atoms with Gasteiger partial charge >= 0.3 is 0 Å². The molecular weight excluding hydrogens is 344 g/mol. The van der Waals surface area contributed by atoms with Crippen molar-refractivity contribution in [3.8, 4) is 11.4 Å². The number of nitrogens with one attached hydrogen (secondary N) is 2. The molecule has 2 N–H and O–H groups in total. The number of benzene rings is 1. The first kappa shape index (κ1) is 17.7. The third-order valence-corrected chi connectivity index (χ3v) is 4.88. The van der Waals surface area contributed by atoms with Gasteiger partial charge in [-0.25, -0.2) is 14.6 Å². The highest BCUT2D eigenvalue weighted by molar-refractivity contribution is 5.87. The second kappa shape index (κ2) is 8.32. The van der Waals surface area contributed by atoms with Gasteiger partial charge in [-0.05, 0) is 24.3 Å². The average Bonchev–Trinajstić information content (AvgIpc) is 3.17. The van der Waals surface area contributed by atoms with Crippen molar-refractivity contribution < 1.29 is 14.4 Å². The Hall–Kier alpha value is -2.71. The molecule has 8 nitrogen and oxygen atoms in total. The fourth-order valence-electron chi connectivity index (χ4n) is 3.35. The largest absolute Gasteiger partial charge is 0.497 e. The summed E-state index contributed by atoms with van der Waals surface area (Å²) in [5, 5.41) is 8.86. The summed E-state index contributed by atoms with van der Waals surface area (Å²) in [6, 6.07) is 7.76. The highest BCUT2D eigenvalue weighted by Gasteiger charge is 2.14. The summed E-state index contributed by atoms with van der Waals surface area (Å²) < 4.78 is 12.4. The molecule has 1 aliphatic rings. The number of aromatic nitrogens is 4. The monoisotopic (exact) mass is 369 g/mol. The zero-order valence-corrected chi connectivity index (χ0v) is 15.5. The van der Waals surface area contributed by atoms with Gasteiger partial charge in [0.15, 0.2) is 5.65 Å². The van der Waals surface area contributed by atoms with Gasteiger partial charge in [-0.3, -0.25) is 0 Å². The van der Waals surface area contributed by atoms with E-state index in [1.807, 2.05) is 35.1 Å². The molecular formula is C19H25N6O2+. The lowest BCUT2D eigenvalue weighted by Gasteiger charge is -2.23. The molecule has 1 aliphatic heterocycles. The van der Waals surface area contributed by atoms with Gasteiger partial charge in [0.05, 0.1) is 44.1 Å². The number of fused-ring (bicyclic) bond motifs is 1. The second-order valence-electron chi connectivity index (χ2n) is 6.61. The standard InChI is InChI=1S/C19H24N6O2/c1-26-16-5-3-15(4-6-16)25-19-17(13-23-25)18(21-14-22-19)20-7-2-8-24-9-11-27-12-10-24/h3-6,13-14H,2,7-12H2,1H3,(H,20,21,22)/p+1. The third kappa shape index (κ3) is 4.01. The maximum Gasteiger partial charge on any atom is 0.168 e. The van der Waals surface area contributed by atoms with E-state index in [-0.39, 0.29) is 0 Å². The van der Waals surface area contributed by atoms with E-state index in [4.69, 9.17) is 9.47 Å². The summed E-state index contributed by atoms with van der Waals surface area (Å²) in [4.78, 5) is 10.4. The van der Waals surface area contributed by atoms with E-state index in [1.54, 1.807) is 18.3 Å². The van der Waals surface area contributed by atoms with E-state index < -0.39 is 0 Å². The molecule has 3 aromatic rings.